The van der Waals surface area contributed by atoms with E-state index in [1.54, 1.807) is 19.1 Å². The van der Waals surface area contributed by atoms with Gasteiger partial charge < -0.3 is 19.4 Å². The molecule has 1 aromatic carbocycles. The number of aryl methyl sites for hydroxylation is 1. The Bertz CT molecular complexity index is 1040. The number of aliphatic hydroxyl groups excluding tert-OH is 1. The lowest BCUT2D eigenvalue weighted by Crippen LogP contribution is -2.47. The van der Waals surface area contributed by atoms with Gasteiger partial charge in [-0.1, -0.05) is 54.5 Å². The molecule has 0 saturated carbocycles. The lowest BCUT2D eigenvalue weighted by molar-refractivity contribution is -0.275. The summed E-state index contributed by atoms with van der Waals surface area (Å²) < 4.78 is 47.9. The van der Waals surface area contributed by atoms with E-state index in [4.69, 9.17) is 9.36 Å². The van der Waals surface area contributed by atoms with Crippen LogP contribution in [0.3, 0.4) is 0 Å². The molecule has 33 heavy (non-hydrogen) atoms. The molecular formula is C23H26F3N3O4. The molecule has 0 radical (unpaired) electrons. The fourth-order valence-corrected chi connectivity index (χ4v) is 4.63. The van der Waals surface area contributed by atoms with Crippen LogP contribution in [0.4, 0.5) is 13.2 Å². The van der Waals surface area contributed by atoms with Crippen LogP contribution in [-0.2, 0) is 15.2 Å². The normalized spacial score (nSPS) is 26.4. The third kappa shape index (κ3) is 4.12. The Kier molecular flexibility index (Phi) is 5.98. The van der Waals surface area contributed by atoms with Crippen molar-refractivity contribution in [1.82, 2.24) is 10.1 Å². The highest BCUT2D eigenvalue weighted by Gasteiger charge is 2.63. The zero-order valence-corrected chi connectivity index (χ0v) is 18.5. The van der Waals surface area contributed by atoms with Gasteiger partial charge in [-0.3, -0.25) is 4.79 Å². The predicted octanol–water partition coefficient (Wildman–Crippen LogP) is 3.92. The van der Waals surface area contributed by atoms with Crippen LogP contribution in [0.5, 0.6) is 0 Å². The molecular weight excluding hydrogens is 439 g/mol. The summed E-state index contributed by atoms with van der Waals surface area (Å²) in [6, 6.07) is 8.18. The third-order valence-corrected chi connectivity index (χ3v) is 6.28. The Hall–Kier alpha value is -2.88. The Balaban J connectivity index is 1.64. The zero-order chi connectivity index (χ0) is 24.0. The first kappa shape index (κ1) is 23.3. The average molecular weight is 465 g/mol. The number of aromatic nitrogens is 1. The van der Waals surface area contributed by atoms with Crippen LogP contribution < -0.4 is 0 Å². The molecule has 4 rings (SSSR count). The quantitative estimate of drug-likeness (QED) is 0.723. The molecule has 0 aliphatic carbocycles. The van der Waals surface area contributed by atoms with Crippen LogP contribution in [-0.4, -0.2) is 51.6 Å². The molecule has 178 valence electrons. The Labute approximate surface area is 189 Å². The second-order valence-corrected chi connectivity index (χ2v) is 9.03. The van der Waals surface area contributed by atoms with E-state index in [9.17, 15) is 23.1 Å². The number of carbonyl (C=O) groups excluding carboxylic acids is 1. The Morgan fingerprint density at radius 1 is 1.27 bits per heavy atom. The van der Waals surface area contributed by atoms with Gasteiger partial charge in [-0.25, -0.2) is 0 Å². The summed E-state index contributed by atoms with van der Waals surface area (Å²) in [4.78, 5) is 20.0. The molecule has 0 bridgehead atoms. The van der Waals surface area contributed by atoms with Gasteiger partial charge in [0.25, 0.3) is 5.60 Å². The number of likely N-dealkylation sites (tertiary alicyclic amines) is 1. The number of carbonyl (C=O) groups is 1. The van der Waals surface area contributed by atoms with E-state index in [1.165, 1.54) is 29.2 Å². The smallest absolute Gasteiger partial charge is 0.391 e. The lowest BCUT2D eigenvalue weighted by Gasteiger charge is -2.31. The summed E-state index contributed by atoms with van der Waals surface area (Å²) in [7, 11) is 0. The summed E-state index contributed by atoms with van der Waals surface area (Å²) >= 11 is 0. The summed E-state index contributed by atoms with van der Waals surface area (Å²) in [6.45, 7) is 5.43. The number of halogens is 3. The number of benzene rings is 1. The van der Waals surface area contributed by atoms with Crippen molar-refractivity contribution in [3.8, 4) is 0 Å². The largest absolute Gasteiger partial charge is 0.435 e. The summed E-state index contributed by atoms with van der Waals surface area (Å²) in [5.74, 6) is -0.826. The number of hydrogen-bond acceptors (Lipinski definition) is 6. The monoisotopic (exact) mass is 465 g/mol. The Morgan fingerprint density at radius 3 is 2.55 bits per heavy atom. The second kappa shape index (κ2) is 8.48. The molecule has 10 heteroatoms. The van der Waals surface area contributed by atoms with Crippen molar-refractivity contribution in [3.63, 3.8) is 0 Å². The number of rotatable bonds is 5. The molecule has 1 N–H and O–H groups in total. The van der Waals surface area contributed by atoms with Gasteiger partial charge in [-0.05, 0) is 12.8 Å². The molecule has 0 unspecified atom stereocenters. The molecule has 3 heterocycles. The van der Waals surface area contributed by atoms with Crippen molar-refractivity contribution in [3.05, 3.63) is 53.4 Å². The molecule has 2 aromatic rings. The first-order chi connectivity index (χ1) is 15.5. The van der Waals surface area contributed by atoms with E-state index in [1.807, 2.05) is 13.8 Å². The van der Waals surface area contributed by atoms with Crippen molar-refractivity contribution in [2.24, 2.45) is 11.1 Å². The van der Waals surface area contributed by atoms with Crippen molar-refractivity contribution in [2.75, 3.05) is 6.54 Å². The third-order valence-electron chi connectivity index (χ3n) is 6.28. The van der Waals surface area contributed by atoms with Crippen molar-refractivity contribution in [1.29, 1.82) is 0 Å². The van der Waals surface area contributed by atoms with E-state index in [2.05, 4.69) is 10.3 Å². The fraction of sp³-hybridized carbons (Fsp3) is 0.522. The number of amides is 1. The van der Waals surface area contributed by atoms with E-state index in [0.29, 0.717) is 11.5 Å². The first-order valence-electron chi connectivity index (χ1n) is 10.8. The Morgan fingerprint density at radius 2 is 1.97 bits per heavy atom. The molecule has 1 saturated heterocycles. The highest BCUT2D eigenvalue weighted by Crippen LogP contribution is 2.49. The topological polar surface area (TPSA) is 88.2 Å². The predicted molar refractivity (Wildman–Crippen MR) is 112 cm³/mol. The van der Waals surface area contributed by atoms with Crippen molar-refractivity contribution >= 4 is 11.6 Å². The van der Waals surface area contributed by atoms with E-state index in [-0.39, 0.29) is 36.1 Å². The number of β-amino-alcohol motifs (C(OH)–C–C–N with tert-alkyl or cyclic N) is 1. The first-order valence-corrected chi connectivity index (χ1v) is 10.8. The van der Waals surface area contributed by atoms with Gasteiger partial charge in [0.15, 0.2) is 0 Å². The van der Waals surface area contributed by atoms with Gasteiger partial charge in [0.2, 0.25) is 5.91 Å². The second-order valence-electron chi connectivity index (χ2n) is 9.03. The minimum Gasteiger partial charge on any atom is -0.391 e. The van der Waals surface area contributed by atoms with Crippen LogP contribution in [0.2, 0.25) is 0 Å². The van der Waals surface area contributed by atoms with Crippen LogP contribution in [0.25, 0.3) is 0 Å². The molecule has 2 aliphatic rings. The maximum atomic E-state index is 14.2. The van der Waals surface area contributed by atoms with Crippen molar-refractivity contribution in [2.45, 2.75) is 63.5 Å². The van der Waals surface area contributed by atoms with E-state index >= 15 is 0 Å². The van der Waals surface area contributed by atoms with Gasteiger partial charge in [-0.2, -0.15) is 13.2 Å². The SMILES string of the molecule is Cc1cc([C@H](C(=O)N2C[C@H](O)C[C@H]2C2=NO[C@@](c3ccccc3)(C(F)(F)F)C2)C(C)C)on1. The highest BCUT2D eigenvalue weighted by molar-refractivity contribution is 5.96. The molecule has 1 fully saturated rings. The lowest BCUT2D eigenvalue weighted by atomic mass is 9.85. The van der Waals surface area contributed by atoms with Crippen LogP contribution in [0.15, 0.2) is 46.1 Å². The van der Waals surface area contributed by atoms with Crippen LogP contribution in [0.1, 0.15) is 49.6 Å². The van der Waals surface area contributed by atoms with Gasteiger partial charge in [-0.15, -0.1) is 0 Å². The van der Waals surface area contributed by atoms with Crippen LogP contribution >= 0.6 is 0 Å². The van der Waals surface area contributed by atoms with Gasteiger partial charge in [0, 0.05) is 31.0 Å². The molecule has 1 amide bonds. The van der Waals surface area contributed by atoms with Gasteiger partial charge >= 0.3 is 6.18 Å². The summed E-state index contributed by atoms with van der Waals surface area (Å²) in [6.07, 6.45) is -6.10. The minimum atomic E-state index is -4.73. The zero-order valence-electron chi connectivity index (χ0n) is 18.5. The average Bonchev–Trinajstić information content (AvgIpc) is 3.46. The maximum Gasteiger partial charge on any atom is 0.435 e. The molecule has 7 nitrogen and oxygen atoms in total. The highest BCUT2D eigenvalue weighted by atomic mass is 19.4. The standard InChI is InChI=1S/C23H26F3N3O4/c1-13(2)20(19-9-14(3)27-32-19)21(31)29-12-16(30)10-18(29)17-11-22(33-28-17,23(24,25)26)15-7-5-4-6-8-15/h4-9,13,16,18,20,30H,10-12H2,1-3H3/t16-,18+,20-,22+/m1/s1. The van der Waals surface area contributed by atoms with Crippen LogP contribution in [0, 0.1) is 12.8 Å². The number of aliphatic hydroxyl groups is 1. The van der Waals surface area contributed by atoms with E-state index in [0.717, 1.165) is 0 Å². The molecule has 1 aromatic heterocycles. The van der Waals surface area contributed by atoms with E-state index < -0.39 is 36.3 Å². The molecule has 0 spiro atoms. The number of alkyl halides is 3. The van der Waals surface area contributed by atoms with Crippen molar-refractivity contribution < 1.29 is 32.4 Å². The van der Waals surface area contributed by atoms with Gasteiger partial charge in [0.05, 0.1) is 23.6 Å². The van der Waals surface area contributed by atoms with Gasteiger partial charge in [0.1, 0.15) is 11.7 Å². The summed E-state index contributed by atoms with van der Waals surface area (Å²) in [5, 5.41) is 18.0. The fourth-order valence-electron chi connectivity index (χ4n) is 4.63. The minimum absolute atomic E-state index is 0.0107. The number of hydrogen-bond donors (Lipinski definition) is 1. The number of nitrogens with zero attached hydrogens (tertiary/aromatic N) is 3. The molecule has 4 atom stereocenters. The maximum absolute atomic E-state index is 14.2. The molecule has 2 aliphatic heterocycles. The summed E-state index contributed by atoms with van der Waals surface area (Å²) in [5.41, 5.74) is -2.00. The number of oxime groups is 1.